The summed E-state index contributed by atoms with van der Waals surface area (Å²) in [5.41, 5.74) is 5.57. The minimum absolute atomic E-state index is 0.0393. The van der Waals surface area contributed by atoms with E-state index in [2.05, 4.69) is 21.9 Å². The Morgan fingerprint density at radius 2 is 2.06 bits per heavy atom. The molecule has 96 valence electrons. The van der Waals surface area contributed by atoms with Gasteiger partial charge in [0.25, 0.3) is 0 Å². The highest BCUT2D eigenvalue weighted by atomic mass is 16.5. The summed E-state index contributed by atoms with van der Waals surface area (Å²) in [7, 11) is 1.47. The van der Waals surface area contributed by atoms with Gasteiger partial charge >= 0.3 is 6.01 Å². The largest absolute Gasteiger partial charge is 0.467 e. The zero-order valence-electron chi connectivity index (χ0n) is 10.3. The molecule has 0 saturated heterocycles. The minimum Gasteiger partial charge on any atom is -0.467 e. The second kappa shape index (κ2) is 6.85. The van der Waals surface area contributed by atoms with Gasteiger partial charge in [0.2, 0.25) is 11.9 Å². The summed E-state index contributed by atoms with van der Waals surface area (Å²) in [5, 5.41) is 9.02. The van der Waals surface area contributed by atoms with Gasteiger partial charge in [-0.1, -0.05) is 13.3 Å². The van der Waals surface area contributed by atoms with Crippen LogP contribution in [0.1, 0.15) is 19.8 Å². The van der Waals surface area contributed by atoms with Gasteiger partial charge in [0, 0.05) is 13.1 Å². The summed E-state index contributed by atoms with van der Waals surface area (Å²) in [4.78, 5) is 13.8. The van der Waals surface area contributed by atoms with Gasteiger partial charge in [0.05, 0.1) is 13.7 Å². The van der Waals surface area contributed by atoms with Gasteiger partial charge in [0.1, 0.15) is 0 Å². The topological polar surface area (TPSA) is 97.4 Å². The number of rotatable bonds is 7. The van der Waals surface area contributed by atoms with Crippen molar-refractivity contribution in [1.29, 1.82) is 0 Å². The fraction of sp³-hybridized carbons (Fsp3) is 0.700. The maximum Gasteiger partial charge on any atom is 0.322 e. The lowest BCUT2D eigenvalue weighted by Crippen LogP contribution is -2.30. The van der Waals surface area contributed by atoms with Crippen molar-refractivity contribution in [2.45, 2.75) is 19.8 Å². The molecule has 0 bridgehead atoms. The first-order valence-corrected chi connectivity index (χ1v) is 5.62. The third-order valence-corrected chi connectivity index (χ3v) is 2.24. The molecule has 0 aliphatic heterocycles. The van der Waals surface area contributed by atoms with E-state index in [1.807, 2.05) is 4.90 Å². The molecule has 1 aromatic heterocycles. The molecule has 0 spiro atoms. The van der Waals surface area contributed by atoms with Crippen molar-refractivity contribution in [3.8, 4) is 6.01 Å². The maximum absolute atomic E-state index is 9.02. The molecule has 0 aromatic carbocycles. The Hall–Kier alpha value is -1.63. The van der Waals surface area contributed by atoms with E-state index in [1.54, 1.807) is 0 Å². The number of hydrogen-bond acceptors (Lipinski definition) is 7. The van der Waals surface area contributed by atoms with Gasteiger partial charge in [-0.05, 0) is 6.42 Å². The van der Waals surface area contributed by atoms with Crippen LogP contribution in [-0.2, 0) is 0 Å². The van der Waals surface area contributed by atoms with E-state index >= 15 is 0 Å². The summed E-state index contributed by atoms with van der Waals surface area (Å²) >= 11 is 0. The average molecular weight is 241 g/mol. The molecule has 1 heterocycles. The smallest absolute Gasteiger partial charge is 0.322 e. The van der Waals surface area contributed by atoms with Gasteiger partial charge in [-0.3, -0.25) is 0 Å². The van der Waals surface area contributed by atoms with E-state index in [-0.39, 0.29) is 18.6 Å². The van der Waals surface area contributed by atoms with E-state index in [0.29, 0.717) is 12.5 Å². The van der Waals surface area contributed by atoms with Crippen LogP contribution < -0.4 is 15.4 Å². The van der Waals surface area contributed by atoms with Gasteiger partial charge in [-0.15, -0.1) is 0 Å². The molecule has 0 amide bonds. The number of aliphatic hydroxyl groups is 1. The molecule has 0 saturated carbocycles. The van der Waals surface area contributed by atoms with Gasteiger partial charge in [-0.2, -0.15) is 15.0 Å². The Labute approximate surface area is 101 Å². The molecule has 0 atom stereocenters. The number of unbranched alkanes of at least 4 members (excludes halogenated alkanes) is 1. The summed E-state index contributed by atoms with van der Waals surface area (Å²) in [6, 6.07) is 0.187. The molecular formula is C10H19N5O2. The molecule has 3 N–H and O–H groups in total. The van der Waals surface area contributed by atoms with Crippen molar-refractivity contribution >= 4 is 11.9 Å². The van der Waals surface area contributed by atoms with E-state index < -0.39 is 0 Å². The molecule has 7 nitrogen and oxygen atoms in total. The Kier molecular flexibility index (Phi) is 5.41. The van der Waals surface area contributed by atoms with E-state index in [1.165, 1.54) is 7.11 Å². The first-order chi connectivity index (χ1) is 8.21. The summed E-state index contributed by atoms with van der Waals surface area (Å²) in [6.45, 7) is 3.37. The number of ether oxygens (including phenoxy) is 1. The van der Waals surface area contributed by atoms with Crippen LogP contribution in [0.15, 0.2) is 0 Å². The van der Waals surface area contributed by atoms with E-state index in [0.717, 1.165) is 19.4 Å². The standard InChI is InChI=1S/C10H19N5O2/c1-3-4-5-15(6-7-16)9-12-8(11)13-10(14-9)17-2/h16H,3-7H2,1-2H3,(H2,11,12,13,14). The number of nitrogen functional groups attached to an aromatic ring is 1. The highest BCUT2D eigenvalue weighted by molar-refractivity contribution is 5.35. The van der Waals surface area contributed by atoms with E-state index in [4.69, 9.17) is 15.6 Å². The highest BCUT2D eigenvalue weighted by Crippen LogP contribution is 2.13. The molecular weight excluding hydrogens is 222 g/mol. The van der Waals surface area contributed by atoms with Crippen LogP contribution in [0, 0.1) is 0 Å². The molecule has 0 fully saturated rings. The molecule has 0 radical (unpaired) electrons. The van der Waals surface area contributed by atoms with Crippen LogP contribution in [0.3, 0.4) is 0 Å². The van der Waals surface area contributed by atoms with Crippen LogP contribution in [0.5, 0.6) is 6.01 Å². The Morgan fingerprint density at radius 1 is 1.29 bits per heavy atom. The Bertz CT molecular complexity index is 347. The van der Waals surface area contributed by atoms with Crippen molar-refractivity contribution in [3.05, 3.63) is 0 Å². The molecule has 7 heteroatoms. The Balaban J connectivity index is 2.87. The molecule has 1 rings (SSSR count). The third-order valence-electron chi connectivity index (χ3n) is 2.24. The van der Waals surface area contributed by atoms with Crippen molar-refractivity contribution in [2.24, 2.45) is 0 Å². The van der Waals surface area contributed by atoms with Crippen LogP contribution in [0.25, 0.3) is 0 Å². The number of nitrogens with zero attached hydrogens (tertiary/aromatic N) is 4. The van der Waals surface area contributed by atoms with Crippen molar-refractivity contribution in [1.82, 2.24) is 15.0 Å². The minimum atomic E-state index is 0.0393. The number of anilines is 2. The molecule has 17 heavy (non-hydrogen) atoms. The second-order valence-corrected chi connectivity index (χ2v) is 3.54. The van der Waals surface area contributed by atoms with E-state index in [9.17, 15) is 0 Å². The summed E-state index contributed by atoms with van der Waals surface area (Å²) in [5.74, 6) is 0.558. The summed E-state index contributed by atoms with van der Waals surface area (Å²) in [6.07, 6.45) is 2.05. The zero-order valence-corrected chi connectivity index (χ0v) is 10.3. The second-order valence-electron chi connectivity index (χ2n) is 3.54. The molecule has 0 aliphatic rings. The lowest BCUT2D eigenvalue weighted by atomic mass is 10.3. The maximum atomic E-state index is 9.02. The van der Waals surface area contributed by atoms with Gasteiger partial charge < -0.3 is 20.5 Å². The quantitative estimate of drug-likeness (QED) is 0.696. The molecule has 1 aromatic rings. The fourth-order valence-corrected chi connectivity index (χ4v) is 1.38. The van der Waals surface area contributed by atoms with Crippen LogP contribution in [-0.4, -0.2) is 46.9 Å². The number of hydrogen-bond donors (Lipinski definition) is 2. The number of methoxy groups -OCH3 is 1. The van der Waals surface area contributed by atoms with Crippen LogP contribution in [0.4, 0.5) is 11.9 Å². The average Bonchev–Trinajstić information content (AvgIpc) is 2.33. The molecule has 0 unspecified atom stereocenters. The SMILES string of the molecule is CCCCN(CCO)c1nc(N)nc(OC)n1. The lowest BCUT2D eigenvalue weighted by molar-refractivity contribution is 0.300. The molecule has 0 aliphatic carbocycles. The van der Waals surface area contributed by atoms with Crippen molar-refractivity contribution in [2.75, 3.05) is 37.4 Å². The summed E-state index contributed by atoms with van der Waals surface area (Å²) < 4.78 is 4.94. The predicted octanol–water partition coefficient (Wildman–Crippen LogP) is 0.0612. The highest BCUT2D eigenvalue weighted by Gasteiger charge is 2.12. The Morgan fingerprint density at radius 3 is 2.65 bits per heavy atom. The van der Waals surface area contributed by atoms with Gasteiger partial charge in [0.15, 0.2) is 0 Å². The fourth-order valence-electron chi connectivity index (χ4n) is 1.38. The number of aromatic nitrogens is 3. The van der Waals surface area contributed by atoms with Crippen LogP contribution >= 0.6 is 0 Å². The first kappa shape index (κ1) is 13.4. The van der Waals surface area contributed by atoms with Crippen molar-refractivity contribution in [3.63, 3.8) is 0 Å². The monoisotopic (exact) mass is 241 g/mol. The predicted molar refractivity (Wildman–Crippen MR) is 65.0 cm³/mol. The first-order valence-electron chi connectivity index (χ1n) is 5.62. The van der Waals surface area contributed by atoms with Crippen molar-refractivity contribution < 1.29 is 9.84 Å². The van der Waals surface area contributed by atoms with Gasteiger partial charge in [-0.25, -0.2) is 0 Å². The van der Waals surface area contributed by atoms with Crippen LogP contribution in [0.2, 0.25) is 0 Å². The third kappa shape index (κ3) is 4.03. The normalized spacial score (nSPS) is 10.3. The number of nitrogens with two attached hydrogens (primary N) is 1. The number of aliphatic hydroxyl groups excluding tert-OH is 1. The zero-order chi connectivity index (χ0) is 12.7. The lowest BCUT2D eigenvalue weighted by Gasteiger charge is -2.21.